The third-order valence-corrected chi connectivity index (χ3v) is 3.10. The van der Waals surface area contributed by atoms with Gasteiger partial charge in [0.25, 0.3) is 0 Å². The molecule has 0 radical (unpaired) electrons. The first-order valence-electron chi connectivity index (χ1n) is 5.91. The largest absolute Gasteiger partial charge is 0.433 e. The van der Waals surface area contributed by atoms with E-state index >= 15 is 0 Å². The molecule has 1 fully saturated rings. The second-order valence-corrected chi connectivity index (χ2v) is 4.14. The minimum atomic E-state index is -0.492. The van der Waals surface area contributed by atoms with Crippen molar-refractivity contribution < 1.29 is 9.34 Å². The van der Waals surface area contributed by atoms with E-state index in [1.54, 1.807) is 6.07 Å². The maximum absolute atomic E-state index is 10.6. The molecule has 0 unspecified atom stereocenters. The predicted molar refractivity (Wildman–Crippen MR) is 77.3 cm³/mol. The highest BCUT2D eigenvalue weighted by atomic mass is 35.5. The summed E-state index contributed by atoms with van der Waals surface area (Å²) < 4.78 is 5.29. The van der Waals surface area contributed by atoms with Gasteiger partial charge in [-0.25, -0.2) is 0 Å². The molecular formula is C11H19Cl2N3O3. The minimum absolute atomic E-state index is 0. The lowest BCUT2D eigenvalue weighted by molar-refractivity contribution is -0.402. The van der Waals surface area contributed by atoms with Gasteiger partial charge in [0.1, 0.15) is 10.7 Å². The van der Waals surface area contributed by atoms with Crippen LogP contribution in [0.15, 0.2) is 16.5 Å². The highest BCUT2D eigenvalue weighted by Gasteiger charge is 2.25. The zero-order valence-corrected chi connectivity index (χ0v) is 12.3. The van der Waals surface area contributed by atoms with Gasteiger partial charge in [0.2, 0.25) is 0 Å². The fourth-order valence-electron chi connectivity index (χ4n) is 2.25. The number of hydrogen-bond acceptors (Lipinski definition) is 5. The summed E-state index contributed by atoms with van der Waals surface area (Å²) >= 11 is 0. The predicted octanol–water partition coefficient (Wildman–Crippen LogP) is 2.39. The number of nitrogens with zero attached hydrogens (tertiary/aromatic N) is 2. The molecule has 1 aromatic rings. The smallest absolute Gasteiger partial charge is 0.404 e. The summed E-state index contributed by atoms with van der Waals surface area (Å²) in [5.41, 5.74) is 0. The van der Waals surface area contributed by atoms with Crippen molar-refractivity contribution >= 4 is 30.7 Å². The standard InChI is InChI=1S/C11H17N3O3.2ClH/c1-2-9(13-7-5-12-6-8-13)10-3-4-11(17-10)14(15)16;;/h3-4,9,12H,2,5-8H2,1H3;2*1H/t9-;;/m0../s1. The average Bonchev–Trinajstić information content (AvgIpc) is 2.81. The van der Waals surface area contributed by atoms with E-state index < -0.39 is 4.92 Å². The Kier molecular flexibility index (Phi) is 8.01. The quantitative estimate of drug-likeness (QED) is 0.683. The molecule has 8 heteroatoms. The fourth-order valence-corrected chi connectivity index (χ4v) is 2.25. The van der Waals surface area contributed by atoms with Crippen LogP contribution in [0.5, 0.6) is 0 Å². The lowest BCUT2D eigenvalue weighted by Gasteiger charge is -2.33. The van der Waals surface area contributed by atoms with Crippen molar-refractivity contribution in [2.24, 2.45) is 0 Å². The van der Waals surface area contributed by atoms with E-state index in [-0.39, 0.29) is 36.7 Å². The summed E-state index contributed by atoms with van der Waals surface area (Å²) in [6.07, 6.45) is 0.894. The molecule has 0 amide bonds. The van der Waals surface area contributed by atoms with E-state index in [4.69, 9.17) is 4.42 Å². The van der Waals surface area contributed by atoms with Crippen LogP contribution in [0.1, 0.15) is 25.1 Å². The van der Waals surface area contributed by atoms with Crippen LogP contribution < -0.4 is 5.32 Å². The van der Waals surface area contributed by atoms with Gasteiger partial charge >= 0.3 is 5.88 Å². The minimum Gasteiger partial charge on any atom is -0.404 e. The maximum Gasteiger partial charge on any atom is 0.433 e. The molecule has 6 nitrogen and oxygen atoms in total. The molecule has 2 rings (SSSR count). The SMILES string of the molecule is CC[C@@H](c1ccc([N+](=O)[O-])o1)N1CCNCC1.Cl.Cl. The van der Waals surface area contributed by atoms with Crippen molar-refractivity contribution in [2.75, 3.05) is 26.2 Å². The monoisotopic (exact) mass is 311 g/mol. The first kappa shape index (κ1) is 18.2. The molecule has 110 valence electrons. The Morgan fingerprint density at radius 2 is 2.05 bits per heavy atom. The summed E-state index contributed by atoms with van der Waals surface area (Å²) in [7, 11) is 0. The Hall–Kier alpha value is -0.820. The molecule has 1 aromatic heterocycles. The lowest BCUT2D eigenvalue weighted by Crippen LogP contribution is -2.44. The van der Waals surface area contributed by atoms with Crippen LogP contribution in [0, 0.1) is 10.1 Å². The van der Waals surface area contributed by atoms with E-state index in [1.165, 1.54) is 6.07 Å². The molecule has 19 heavy (non-hydrogen) atoms. The number of rotatable bonds is 4. The summed E-state index contributed by atoms with van der Waals surface area (Å²) in [5.74, 6) is 0.523. The summed E-state index contributed by atoms with van der Waals surface area (Å²) in [4.78, 5) is 12.4. The molecule has 2 heterocycles. The van der Waals surface area contributed by atoms with E-state index in [0.29, 0.717) is 5.76 Å². The Labute approximate surface area is 124 Å². The third-order valence-electron chi connectivity index (χ3n) is 3.10. The highest BCUT2D eigenvalue weighted by molar-refractivity contribution is 5.85. The highest BCUT2D eigenvalue weighted by Crippen LogP contribution is 2.28. The normalized spacial score (nSPS) is 17.1. The van der Waals surface area contributed by atoms with Crippen LogP contribution >= 0.6 is 24.8 Å². The van der Waals surface area contributed by atoms with Crippen molar-refractivity contribution in [3.8, 4) is 0 Å². The molecule has 0 bridgehead atoms. The van der Waals surface area contributed by atoms with Gasteiger partial charge in [-0.3, -0.25) is 15.0 Å². The maximum atomic E-state index is 10.6. The molecule has 1 aliphatic heterocycles. The zero-order chi connectivity index (χ0) is 12.3. The van der Waals surface area contributed by atoms with Gasteiger partial charge in [0, 0.05) is 26.2 Å². The molecule has 0 aliphatic carbocycles. The van der Waals surface area contributed by atoms with Gasteiger partial charge in [0.05, 0.1) is 12.1 Å². The van der Waals surface area contributed by atoms with Crippen LogP contribution in [-0.2, 0) is 0 Å². The van der Waals surface area contributed by atoms with Crippen molar-refractivity contribution in [1.82, 2.24) is 10.2 Å². The molecule has 0 aromatic carbocycles. The molecule has 0 saturated carbocycles. The summed E-state index contributed by atoms with van der Waals surface area (Å²) in [6, 6.07) is 3.29. The van der Waals surface area contributed by atoms with Gasteiger partial charge in [-0.2, -0.15) is 0 Å². The van der Waals surface area contributed by atoms with Crippen LogP contribution in [0.3, 0.4) is 0 Å². The fraction of sp³-hybridized carbons (Fsp3) is 0.636. The Morgan fingerprint density at radius 3 is 2.53 bits per heavy atom. The number of halogens is 2. The third kappa shape index (κ3) is 4.35. The number of furan rings is 1. The zero-order valence-electron chi connectivity index (χ0n) is 10.7. The second kappa shape index (κ2) is 8.37. The van der Waals surface area contributed by atoms with Crippen LogP contribution in [0.4, 0.5) is 5.88 Å². The van der Waals surface area contributed by atoms with Crippen LogP contribution in [-0.4, -0.2) is 36.0 Å². The molecule has 1 N–H and O–H groups in total. The number of nitro groups is 1. The average molecular weight is 312 g/mol. The number of nitrogens with one attached hydrogen (secondary N) is 1. The lowest BCUT2D eigenvalue weighted by atomic mass is 10.1. The second-order valence-electron chi connectivity index (χ2n) is 4.14. The van der Waals surface area contributed by atoms with Gasteiger partial charge in [-0.15, -0.1) is 24.8 Å². The molecular weight excluding hydrogens is 293 g/mol. The van der Waals surface area contributed by atoms with Gasteiger partial charge in [0.15, 0.2) is 0 Å². The molecule has 1 atom stereocenters. The van der Waals surface area contributed by atoms with Crippen molar-refractivity contribution in [3.05, 3.63) is 28.0 Å². The van der Waals surface area contributed by atoms with E-state index in [1.807, 2.05) is 0 Å². The molecule has 0 spiro atoms. The van der Waals surface area contributed by atoms with Gasteiger partial charge in [-0.05, 0) is 12.5 Å². The van der Waals surface area contributed by atoms with Gasteiger partial charge in [-0.1, -0.05) is 6.92 Å². The number of hydrogen-bond donors (Lipinski definition) is 1. The van der Waals surface area contributed by atoms with Crippen LogP contribution in [0.2, 0.25) is 0 Å². The Balaban J connectivity index is 0.00000162. The molecule has 1 aliphatic rings. The van der Waals surface area contributed by atoms with Crippen molar-refractivity contribution in [2.45, 2.75) is 19.4 Å². The Morgan fingerprint density at radius 1 is 1.42 bits per heavy atom. The van der Waals surface area contributed by atoms with Gasteiger partial charge < -0.3 is 9.73 Å². The number of piperazine rings is 1. The Bertz CT molecular complexity index is 394. The summed E-state index contributed by atoms with van der Waals surface area (Å²) in [6.45, 7) is 5.89. The van der Waals surface area contributed by atoms with E-state index in [9.17, 15) is 10.1 Å². The van der Waals surface area contributed by atoms with E-state index in [2.05, 4.69) is 17.1 Å². The summed E-state index contributed by atoms with van der Waals surface area (Å²) in [5, 5.41) is 13.9. The van der Waals surface area contributed by atoms with Crippen molar-refractivity contribution in [3.63, 3.8) is 0 Å². The molecule has 1 saturated heterocycles. The van der Waals surface area contributed by atoms with E-state index in [0.717, 1.165) is 32.6 Å². The first-order chi connectivity index (χ1) is 8.22. The first-order valence-corrected chi connectivity index (χ1v) is 5.91. The van der Waals surface area contributed by atoms with Crippen LogP contribution in [0.25, 0.3) is 0 Å². The van der Waals surface area contributed by atoms with Crippen molar-refractivity contribution in [1.29, 1.82) is 0 Å². The topological polar surface area (TPSA) is 71.5 Å².